The molecule has 1 heterocycles. The van der Waals surface area contributed by atoms with E-state index in [0.717, 1.165) is 8.95 Å². The topological polar surface area (TPSA) is 60.4 Å². The molecular formula is C20H16Br2O4. The van der Waals surface area contributed by atoms with E-state index in [-0.39, 0.29) is 11.6 Å². The van der Waals surface area contributed by atoms with Gasteiger partial charge in [0.05, 0.1) is 0 Å². The van der Waals surface area contributed by atoms with Crippen molar-refractivity contribution in [2.75, 3.05) is 0 Å². The Bertz CT molecular complexity index is 889. The molecule has 0 aliphatic carbocycles. The smallest absolute Gasteiger partial charge is 0.322 e. The molecule has 0 bridgehead atoms. The van der Waals surface area contributed by atoms with Gasteiger partial charge >= 0.3 is 5.97 Å². The molecule has 1 aliphatic heterocycles. The Kier molecular flexibility index (Phi) is 5.44. The molecular weight excluding hydrogens is 464 g/mol. The van der Waals surface area contributed by atoms with Crippen LogP contribution in [0, 0.1) is 11.8 Å². The average Bonchev–Trinajstić information content (AvgIpc) is 2.60. The second-order valence-corrected chi connectivity index (χ2v) is 8.21. The lowest BCUT2D eigenvalue weighted by molar-refractivity contribution is -0.146. The molecule has 2 aromatic carbocycles. The van der Waals surface area contributed by atoms with Crippen LogP contribution in [0.4, 0.5) is 0 Å². The molecule has 3 atom stereocenters. The zero-order chi connectivity index (χ0) is 19.0. The molecule has 1 aliphatic rings. The van der Waals surface area contributed by atoms with E-state index < -0.39 is 23.7 Å². The van der Waals surface area contributed by atoms with Gasteiger partial charge in [-0.2, -0.15) is 0 Å². The molecule has 134 valence electrons. The first-order chi connectivity index (χ1) is 12.3. The molecule has 4 nitrogen and oxygen atoms in total. The number of carbonyl (C=O) groups is 3. The van der Waals surface area contributed by atoms with Crippen molar-refractivity contribution in [2.24, 2.45) is 11.8 Å². The SMILES string of the molecule is CC(=O)C1C(=O)Oc2ccc(Br)cc2C1C(C)C(=O)c1ccc(Br)cc1. The maximum atomic E-state index is 13.0. The number of halogens is 2. The summed E-state index contributed by atoms with van der Waals surface area (Å²) in [7, 11) is 0. The lowest BCUT2D eigenvalue weighted by Crippen LogP contribution is -2.40. The van der Waals surface area contributed by atoms with Crippen molar-refractivity contribution >= 4 is 49.4 Å². The zero-order valence-corrected chi connectivity index (χ0v) is 17.3. The van der Waals surface area contributed by atoms with Crippen LogP contribution < -0.4 is 4.74 Å². The number of esters is 1. The summed E-state index contributed by atoms with van der Waals surface area (Å²) in [6.07, 6.45) is 0. The third-order valence-corrected chi connectivity index (χ3v) is 5.70. The molecule has 3 rings (SSSR count). The molecule has 0 spiro atoms. The molecule has 26 heavy (non-hydrogen) atoms. The van der Waals surface area contributed by atoms with Gasteiger partial charge in [-0.25, -0.2) is 0 Å². The quantitative estimate of drug-likeness (QED) is 0.270. The molecule has 0 N–H and O–H groups in total. The number of Topliss-reactive ketones (excluding diaryl/α,β-unsaturated/α-hetero) is 2. The monoisotopic (exact) mass is 478 g/mol. The molecule has 0 saturated heterocycles. The van der Waals surface area contributed by atoms with Crippen LogP contribution in [0.2, 0.25) is 0 Å². The van der Waals surface area contributed by atoms with Gasteiger partial charge in [-0.3, -0.25) is 14.4 Å². The first kappa shape index (κ1) is 19.0. The highest BCUT2D eigenvalue weighted by Crippen LogP contribution is 2.44. The Morgan fingerprint density at radius 1 is 1.04 bits per heavy atom. The lowest BCUT2D eigenvalue weighted by Gasteiger charge is -2.34. The minimum Gasteiger partial charge on any atom is -0.426 e. The van der Waals surface area contributed by atoms with Crippen molar-refractivity contribution in [2.45, 2.75) is 19.8 Å². The van der Waals surface area contributed by atoms with Crippen LogP contribution in [0.5, 0.6) is 5.75 Å². The zero-order valence-electron chi connectivity index (χ0n) is 14.2. The van der Waals surface area contributed by atoms with Crippen molar-refractivity contribution in [1.82, 2.24) is 0 Å². The summed E-state index contributed by atoms with van der Waals surface area (Å²) in [5.41, 5.74) is 1.23. The van der Waals surface area contributed by atoms with Crippen molar-refractivity contribution in [3.63, 3.8) is 0 Å². The highest BCUT2D eigenvalue weighted by molar-refractivity contribution is 9.10. The maximum Gasteiger partial charge on any atom is 0.322 e. The Balaban J connectivity index is 2.07. The van der Waals surface area contributed by atoms with E-state index in [2.05, 4.69) is 31.9 Å². The van der Waals surface area contributed by atoms with Crippen LogP contribution in [0.3, 0.4) is 0 Å². The Hall–Kier alpha value is -1.79. The summed E-state index contributed by atoms with van der Waals surface area (Å²) in [6.45, 7) is 3.12. The third kappa shape index (κ3) is 3.53. The summed E-state index contributed by atoms with van der Waals surface area (Å²) in [5, 5.41) is 0. The molecule has 0 aromatic heterocycles. The summed E-state index contributed by atoms with van der Waals surface area (Å²) in [6, 6.07) is 12.3. The van der Waals surface area contributed by atoms with E-state index in [4.69, 9.17) is 4.74 Å². The number of fused-ring (bicyclic) bond motifs is 1. The van der Waals surface area contributed by atoms with Gasteiger partial charge in [0.1, 0.15) is 17.5 Å². The van der Waals surface area contributed by atoms with Crippen molar-refractivity contribution in [3.8, 4) is 5.75 Å². The van der Waals surface area contributed by atoms with Gasteiger partial charge in [-0.15, -0.1) is 0 Å². The molecule has 0 fully saturated rings. The highest BCUT2D eigenvalue weighted by atomic mass is 79.9. The number of ether oxygens (including phenoxy) is 1. The van der Waals surface area contributed by atoms with Gasteiger partial charge in [0.2, 0.25) is 0 Å². The molecule has 0 radical (unpaired) electrons. The Morgan fingerprint density at radius 2 is 1.65 bits per heavy atom. The maximum absolute atomic E-state index is 13.0. The summed E-state index contributed by atoms with van der Waals surface area (Å²) in [5.74, 6) is -2.76. The predicted molar refractivity (Wildman–Crippen MR) is 104 cm³/mol. The molecule has 2 aromatic rings. The first-order valence-electron chi connectivity index (χ1n) is 8.11. The van der Waals surface area contributed by atoms with E-state index >= 15 is 0 Å². The second-order valence-electron chi connectivity index (χ2n) is 6.38. The molecule has 0 amide bonds. The lowest BCUT2D eigenvalue weighted by atomic mass is 9.72. The Labute approximate surface area is 168 Å². The summed E-state index contributed by atoms with van der Waals surface area (Å²) >= 11 is 6.77. The van der Waals surface area contributed by atoms with E-state index in [1.165, 1.54) is 6.92 Å². The van der Waals surface area contributed by atoms with Crippen LogP contribution in [-0.2, 0) is 9.59 Å². The number of benzene rings is 2. The van der Waals surface area contributed by atoms with Gasteiger partial charge in [-0.1, -0.05) is 50.9 Å². The van der Waals surface area contributed by atoms with E-state index in [1.54, 1.807) is 43.3 Å². The predicted octanol–water partition coefficient (Wildman–Crippen LogP) is 4.94. The van der Waals surface area contributed by atoms with Gasteiger partial charge < -0.3 is 4.74 Å². The van der Waals surface area contributed by atoms with Gasteiger partial charge in [-0.05, 0) is 37.3 Å². The first-order valence-corrected chi connectivity index (χ1v) is 9.69. The summed E-state index contributed by atoms with van der Waals surface area (Å²) < 4.78 is 7.01. The second kappa shape index (κ2) is 7.45. The molecule has 6 heteroatoms. The fraction of sp³-hybridized carbons (Fsp3) is 0.250. The van der Waals surface area contributed by atoms with Crippen LogP contribution in [0.1, 0.15) is 35.7 Å². The van der Waals surface area contributed by atoms with Crippen molar-refractivity contribution in [1.29, 1.82) is 0 Å². The fourth-order valence-corrected chi connectivity index (χ4v) is 4.03. The average molecular weight is 480 g/mol. The highest BCUT2D eigenvalue weighted by Gasteiger charge is 2.45. The summed E-state index contributed by atoms with van der Waals surface area (Å²) in [4.78, 5) is 37.7. The minimum atomic E-state index is -0.994. The Morgan fingerprint density at radius 3 is 2.27 bits per heavy atom. The normalized spacial score (nSPS) is 20.1. The number of ketones is 2. The standard InChI is InChI=1S/C20H16Br2O4/c1-10(19(24)12-3-5-13(21)6-4-12)17-15-9-14(22)7-8-16(15)26-20(25)18(17)11(2)23/h3-10,17-18H,1-2H3. The van der Waals surface area contributed by atoms with E-state index in [1.807, 2.05) is 6.07 Å². The van der Waals surface area contributed by atoms with Crippen molar-refractivity contribution in [3.05, 3.63) is 62.5 Å². The van der Waals surface area contributed by atoms with Gasteiger partial charge in [0.15, 0.2) is 5.78 Å². The van der Waals surface area contributed by atoms with Crippen LogP contribution in [-0.4, -0.2) is 17.5 Å². The fourth-order valence-electron chi connectivity index (χ4n) is 3.39. The van der Waals surface area contributed by atoms with Gasteiger partial charge in [0, 0.05) is 31.9 Å². The number of hydrogen-bond acceptors (Lipinski definition) is 4. The van der Waals surface area contributed by atoms with Crippen LogP contribution >= 0.6 is 31.9 Å². The minimum absolute atomic E-state index is 0.116. The number of hydrogen-bond donors (Lipinski definition) is 0. The van der Waals surface area contributed by atoms with Gasteiger partial charge in [0.25, 0.3) is 0 Å². The third-order valence-electron chi connectivity index (χ3n) is 4.67. The van der Waals surface area contributed by atoms with E-state index in [0.29, 0.717) is 16.9 Å². The largest absolute Gasteiger partial charge is 0.426 e. The van der Waals surface area contributed by atoms with E-state index in [9.17, 15) is 14.4 Å². The number of carbonyl (C=O) groups excluding carboxylic acids is 3. The molecule has 3 unspecified atom stereocenters. The van der Waals surface area contributed by atoms with Crippen molar-refractivity contribution < 1.29 is 19.1 Å². The number of rotatable bonds is 4. The van der Waals surface area contributed by atoms with Crippen LogP contribution in [0.15, 0.2) is 51.4 Å². The molecule has 0 saturated carbocycles. The van der Waals surface area contributed by atoms with Crippen LogP contribution in [0.25, 0.3) is 0 Å².